The minimum atomic E-state index is -0.417. The first-order chi connectivity index (χ1) is 12.7. The van der Waals surface area contributed by atoms with Crippen molar-refractivity contribution in [3.8, 4) is 0 Å². The zero-order chi connectivity index (χ0) is 18.2. The molecule has 1 atom stereocenters. The normalized spacial score (nSPS) is 16.7. The summed E-state index contributed by atoms with van der Waals surface area (Å²) in [6.07, 6.45) is 3.29. The third kappa shape index (κ3) is 5.51. The average Bonchev–Trinajstić information content (AvgIpc) is 3.19. The van der Waals surface area contributed by atoms with E-state index in [1.54, 1.807) is 17.4 Å². The Morgan fingerprint density at radius 3 is 2.88 bits per heavy atom. The van der Waals surface area contributed by atoms with E-state index in [0.29, 0.717) is 0 Å². The first-order valence-electron chi connectivity index (χ1n) is 8.76. The summed E-state index contributed by atoms with van der Waals surface area (Å²) in [6, 6.07) is 11.5. The number of ether oxygens (including phenoxy) is 1. The van der Waals surface area contributed by atoms with Crippen LogP contribution in [0.15, 0.2) is 47.9 Å². The number of thiophene rings is 1. The fraction of sp³-hybridized carbons (Fsp3) is 0.350. The number of hydrogen-bond donors (Lipinski definition) is 2. The van der Waals surface area contributed by atoms with Gasteiger partial charge in [0, 0.05) is 30.6 Å². The Kier molecular flexibility index (Phi) is 6.96. The molecule has 1 saturated heterocycles. The summed E-state index contributed by atoms with van der Waals surface area (Å²) in [7, 11) is 0. The third-order valence-corrected chi connectivity index (χ3v) is 5.14. The molecule has 1 fully saturated rings. The molecule has 0 spiro atoms. The summed E-state index contributed by atoms with van der Waals surface area (Å²) < 4.78 is 5.38. The van der Waals surface area contributed by atoms with Gasteiger partial charge in [-0.1, -0.05) is 30.3 Å². The van der Waals surface area contributed by atoms with Crippen LogP contribution in [0.1, 0.15) is 22.0 Å². The predicted octanol–water partition coefficient (Wildman–Crippen LogP) is 2.44. The lowest BCUT2D eigenvalue weighted by Gasteiger charge is -2.27. The Morgan fingerprint density at radius 1 is 1.31 bits per heavy atom. The largest absolute Gasteiger partial charge is 0.394 e. The Bertz CT molecular complexity index is 724. The Morgan fingerprint density at radius 2 is 2.15 bits per heavy atom. The van der Waals surface area contributed by atoms with E-state index in [-0.39, 0.29) is 12.5 Å². The molecule has 1 amide bonds. The Balaban J connectivity index is 1.61. The number of benzene rings is 1. The van der Waals surface area contributed by atoms with Crippen LogP contribution in [-0.4, -0.2) is 48.8 Å². The van der Waals surface area contributed by atoms with Crippen LogP contribution >= 0.6 is 11.3 Å². The van der Waals surface area contributed by atoms with Crippen molar-refractivity contribution in [1.82, 2.24) is 10.2 Å². The Labute approximate surface area is 157 Å². The SMILES string of the molecule is O=C(/C=C/c1cccs1)N[C@H](CO)c1cccc(CN2CCOCC2)c1. The van der Waals surface area contributed by atoms with Crippen LogP contribution in [0.4, 0.5) is 0 Å². The number of carbonyl (C=O) groups is 1. The van der Waals surface area contributed by atoms with Gasteiger partial charge in [-0.2, -0.15) is 0 Å². The smallest absolute Gasteiger partial charge is 0.244 e. The van der Waals surface area contributed by atoms with Crippen molar-refractivity contribution in [1.29, 1.82) is 0 Å². The van der Waals surface area contributed by atoms with Gasteiger partial charge in [0.25, 0.3) is 0 Å². The third-order valence-electron chi connectivity index (χ3n) is 4.30. The number of hydrogen-bond acceptors (Lipinski definition) is 5. The molecule has 3 rings (SSSR count). The van der Waals surface area contributed by atoms with Gasteiger partial charge in [-0.05, 0) is 28.6 Å². The van der Waals surface area contributed by atoms with Crippen molar-refractivity contribution in [3.63, 3.8) is 0 Å². The monoisotopic (exact) mass is 372 g/mol. The maximum Gasteiger partial charge on any atom is 0.244 e. The number of rotatable bonds is 7. The number of morpholine rings is 1. The zero-order valence-corrected chi connectivity index (χ0v) is 15.5. The quantitative estimate of drug-likeness (QED) is 0.733. The van der Waals surface area contributed by atoms with Gasteiger partial charge in [-0.25, -0.2) is 0 Å². The molecule has 0 radical (unpaired) electrons. The van der Waals surface area contributed by atoms with E-state index < -0.39 is 6.04 Å². The van der Waals surface area contributed by atoms with Gasteiger partial charge >= 0.3 is 0 Å². The molecule has 1 aromatic heterocycles. The Hall–Kier alpha value is -1.99. The fourth-order valence-electron chi connectivity index (χ4n) is 2.92. The molecule has 2 aromatic rings. The van der Waals surface area contributed by atoms with E-state index >= 15 is 0 Å². The van der Waals surface area contributed by atoms with Crippen molar-refractivity contribution in [2.75, 3.05) is 32.9 Å². The second-order valence-corrected chi connectivity index (χ2v) is 7.21. The second kappa shape index (κ2) is 9.64. The molecule has 1 aromatic carbocycles. The highest BCUT2D eigenvalue weighted by Crippen LogP contribution is 2.17. The second-order valence-electron chi connectivity index (χ2n) is 6.23. The van der Waals surface area contributed by atoms with Crippen molar-refractivity contribution in [3.05, 3.63) is 63.9 Å². The van der Waals surface area contributed by atoms with Gasteiger partial charge in [0.15, 0.2) is 0 Å². The van der Waals surface area contributed by atoms with E-state index in [0.717, 1.165) is 43.3 Å². The average molecular weight is 372 g/mol. The highest BCUT2D eigenvalue weighted by atomic mass is 32.1. The molecular formula is C20H24N2O3S. The number of nitrogens with one attached hydrogen (secondary N) is 1. The maximum absolute atomic E-state index is 12.2. The standard InChI is InChI=1S/C20H24N2O3S/c23-15-19(21-20(24)7-6-18-5-2-12-26-18)17-4-1-3-16(13-17)14-22-8-10-25-11-9-22/h1-7,12-13,19,23H,8-11,14-15H2,(H,21,24)/b7-6+/t19-/m1/s1. The van der Waals surface area contributed by atoms with Gasteiger partial charge < -0.3 is 15.2 Å². The number of aliphatic hydroxyl groups is 1. The van der Waals surface area contributed by atoms with Gasteiger partial charge in [0.05, 0.1) is 25.9 Å². The van der Waals surface area contributed by atoms with Crippen LogP contribution in [-0.2, 0) is 16.1 Å². The van der Waals surface area contributed by atoms with Crippen molar-refractivity contribution < 1.29 is 14.6 Å². The minimum absolute atomic E-state index is 0.139. The van der Waals surface area contributed by atoms with E-state index in [1.165, 1.54) is 11.6 Å². The van der Waals surface area contributed by atoms with Crippen LogP contribution in [0.25, 0.3) is 6.08 Å². The first kappa shape index (κ1) is 18.8. The van der Waals surface area contributed by atoms with Gasteiger partial charge in [-0.15, -0.1) is 11.3 Å². The molecule has 2 heterocycles. The summed E-state index contributed by atoms with van der Waals surface area (Å²) in [5.74, 6) is -0.212. The molecule has 0 bridgehead atoms. The molecule has 138 valence electrons. The molecular weight excluding hydrogens is 348 g/mol. The summed E-state index contributed by atoms with van der Waals surface area (Å²) >= 11 is 1.57. The molecule has 0 saturated carbocycles. The number of amides is 1. The summed E-state index contributed by atoms with van der Waals surface area (Å²) in [4.78, 5) is 15.5. The molecule has 5 nitrogen and oxygen atoms in total. The van der Waals surface area contributed by atoms with E-state index in [2.05, 4.69) is 22.3 Å². The topological polar surface area (TPSA) is 61.8 Å². The summed E-state index contributed by atoms with van der Waals surface area (Å²) in [6.45, 7) is 4.11. The highest BCUT2D eigenvalue weighted by molar-refractivity contribution is 7.10. The van der Waals surface area contributed by atoms with Crippen LogP contribution in [0.5, 0.6) is 0 Å². The molecule has 26 heavy (non-hydrogen) atoms. The van der Waals surface area contributed by atoms with Gasteiger partial charge in [0.2, 0.25) is 5.91 Å². The van der Waals surface area contributed by atoms with Crippen LogP contribution in [0.3, 0.4) is 0 Å². The zero-order valence-electron chi connectivity index (χ0n) is 14.6. The lowest BCUT2D eigenvalue weighted by atomic mass is 10.0. The van der Waals surface area contributed by atoms with Crippen molar-refractivity contribution in [2.24, 2.45) is 0 Å². The molecule has 0 aliphatic carbocycles. The van der Waals surface area contributed by atoms with Gasteiger partial charge in [-0.3, -0.25) is 9.69 Å². The highest BCUT2D eigenvalue weighted by Gasteiger charge is 2.15. The van der Waals surface area contributed by atoms with Crippen molar-refractivity contribution >= 4 is 23.3 Å². The van der Waals surface area contributed by atoms with Crippen LogP contribution < -0.4 is 5.32 Å². The van der Waals surface area contributed by atoms with Gasteiger partial charge in [0.1, 0.15) is 0 Å². The molecule has 2 N–H and O–H groups in total. The number of aliphatic hydroxyl groups excluding tert-OH is 1. The van der Waals surface area contributed by atoms with E-state index in [9.17, 15) is 9.90 Å². The molecule has 1 aliphatic rings. The van der Waals surface area contributed by atoms with E-state index in [4.69, 9.17) is 4.74 Å². The predicted molar refractivity (Wildman–Crippen MR) is 104 cm³/mol. The van der Waals surface area contributed by atoms with E-state index in [1.807, 2.05) is 29.6 Å². The first-order valence-corrected chi connectivity index (χ1v) is 9.64. The maximum atomic E-state index is 12.2. The van der Waals surface area contributed by atoms with Crippen LogP contribution in [0.2, 0.25) is 0 Å². The van der Waals surface area contributed by atoms with Crippen molar-refractivity contribution in [2.45, 2.75) is 12.6 Å². The number of nitrogens with zero attached hydrogens (tertiary/aromatic N) is 1. The van der Waals surface area contributed by atoms with Crippen LogP contribution in [0, 0.1) is 0 Å². The number of carbonyl (C=O) groups excluding carboxylic acids is 1. The lowest BCUT2D eigenvalue weighted by molar-refractivity contribution is -0.117. The molecule has 6 heteroatoms. The summed E-state index contributed by atoms with van der Waals surface area (Å²) in [5.41, 5.74) is 2.09. The lowest BCUT2D eigenvalue weighted by Crippen LogP contribution is -2.35. The fourth-order valence-corrected chi connectivity index (χ4v) is 3.54. The minimum Gasteiger partial charge on any atom is -0.394 e. The molecule has 0 unspecified atom stereocenters. The summed E-state index contributed by atoms with van der Waals surface area (Å²) in [5, 5.41) is 14.6. The molecule has 1 aliphatic heterocycles.